The third-order valence-electron chi connectivity index (χ3n) is 2.80. The maximum Gasteiger partial charge on any atom is 0.252 e. The van der Waals surface area contributed by atoms with E-state index in [1.807, 2.05) is 6.92 Å². The van der Waals surface area contributed by atoms with Gasteiger partial charge in [0.15, 0.2) is 0 Å². The molecule has 1 aromatic carbocycles. The van der Waals surface area contributed by atoms with Gasteiger partial charge in [-0.05, 0) is 40.9 Å². The van der Waals surface area contributed by atoms with Crippen molar-refractivity contribution >= 4 is 27.5 Å². The van der Waals surface area contributed by atoms with Crippen LogP contribution in [0.4, 0.5) is 10.1 Å². The molecule has 0 bridgehead atoms. The summed E-state index contributed by atoms with van der Waals surface area (Å²) in [6, 6.07) is 2.71. The summed E-state index contributed by atoms with van der Waals surface area (Å²) in [6.45, 7) is 4.09. The molecule has 0 aliphatic carbocycles. The lowest BCUT2D eigenvalue weighted by atomic mass is 10.1. The lowest BCUT2D eigenvalue weighted by molar-refractivity contribution is 0.0933. The van der Waals surface area contributed by atoms with Crippen molar-refractivity contribution in [3.8, 4) is 0 Å². The minimum absolute atomic E-state index is 0.0214. The molecule has 1 amide bonds. The molecule has 0 saturated carbocycles. The molecule has 0 aliphatic heterocycles. The normalized spacial score (nSPS) is 12.2. The van der Waals surface area contributed by atoms with Gasteiger partial charge in [-0.25, -0.2) is 4.39 Å². The molecule has 0 aliphatic rings. The lowest BCUT2D eigenvalue weighted by Gasteiger charge is -2.16. The lowest BCUT2D eigenvalue weighted by Crippen LogP contribution is -2.34. The summed E-state index contributed by atoms with van der Waals surface area (Å²) < 4.78 is 13.6. The van der Waals surface area contributed by atoms with Gasteiger partial charge in [0.2, 0.25) is 0 Å². The van der Waals surface area contributed by atoms with E-state index in [0.29, 0.717) is 10.0 Å². The number of hydrogen-bond acceptors (Lipinski definition) is 2. The number of halogens is 2. The van der Waals surface area contributed by atoms with Crippen LogP contribution in [0.5, 0.6) is 0 Å². The van der Waals surface area contributed by atoms with E-state index in [4.69, 9.17) is 5.73 Å². The quantitative estimate of drug-likeness (QED) is 0.817. The van der Waals surface area contributed by atoms with Crippen LogP contribution in [0.1, 0.15) is 43.5 Å². The smallest absolute Gasteiger partial charge is 0.252 e. The molecule has 0 saturated heterocycles. The zero-order chi connectivity index (χ0) is 13.7. The second-order valence-corrected chi connectivity index (χ2v) is 5.08. The zero-order valence-corrected chi connectivity index (χ0v) is 12.2. The van der Waals surface area contributed by atoms with Crippen LogP contribution >= 0.6 is 15.9 Å². The van der Waals surface area contributed by atoms with Gasteiger partial charge in [-0.15, -0.1) is 0 Å². The van der Waals surface area contributed by atoms with E-state index in [9.17, 15) is 9.18 Å². The van der Waals surface area contributed by atoms with Crippen molar-refractivity contribution in [2.75, 3.05) is 5.73 Å². The highest BCUT2D eigenvalue weighted by atomic mass is 79.9. The predicted molar refractivity (Wildman–Crippen MR) is 75.0 cm³/mol. The first-order valence-electron chi connectivity index (χ1n) is 6.04. The standard InChI is InChI=1S/C13H18BrFN2O/c1-3-5-8(4-2)17-13(18)9-6-12(16)11(15)7-10(9)14/h6-8H,3-5,16H2,1-2H3,(H,17,18). The van der Waals surface area contributed by atoms with Gasteiger partial charge in [0.05, 0.1) is 11.3 Å². The average molecular weight is 317 g/mol. The molecule has 1 aromatic rings. The van der Waals surface area contributed by atoms with Gasteiger partial charge in [-0.1, -0.05) is 20.3 Å². The summed E-state index contributed by atoms with van der Waals surface area (Å²) in [7, 11) is 0. The number of nitrogens with two attached hydrogens (primary N) is 1. The molecular weight excluding hydrogens is 299 g/mol. The molecule has 1 unspecified atom stereocenters. The van der Waals surface area contributed by atoms with Crippen LogP contribution in [0.2, 0.25) is 0 Å². The Balaban J connectivity index is 2.87. The Bertz CT molecular complexity index is 437. The molecule has 18 heavy (non-hydrogen) atoms. The topological polar surface area (TPSA) is 55.1 Å². The van der Waals surface area contributed by atoms with E-state index in [-0.39, 0.29) is 17.6 Å². The minimum Gasteiger partial charge on any atom is -0.396 e. The number of carbonyl (C=O) groups is 1. The molecule has 100 valence electrons. The van der Waals surface area contributed by atoms with Gasteiger partial charge in [-0.3, -0.25) is 4.79 Å². The Kier molecular flexibility index (Phi) is 5.59. The van der Waals surface area contributed by atoms with E-state index in [1.54, 1.807) is 0 Å². The molecule has 5 heteroatoms. The number of hydrogen-bond donors (Lipinski definition) is 2. The number of nitrogens with one attached hydrogen (secondary N) is 1. The first-order chi connectivity index (χ1) is 8.49. The Morgan fingerprint density at radius 2 is 2.17 bits per heavy atom. The number of nitrogen functional groups attached to an aromatic ring is 1. The largest absolute Gasteiger partial charge is 0.396 e. The van der Waals surface area contributed by atoms with Crippen LogP contribution in [-0.4, -0.2) is 11.9 Å². The minimum atomic E-state index is -0.529. The highest BCUT2D eigenvalue weighted by Crippen LogP contribution is 2.23. The van der Waals surface area contributed by atoms with Crippen molar-refractivity contribution in [3.05, 3.63) is 28.0 Å². The third kappa shape index (κ3) is 3.70. The third-order valence-corrected chi connectivity index (χ3v) is 3.45. The number of rotatable bonds is 5. The van der Waals surface area contributed by atoms with E-state index >= 15 is 0 Å². The fourth-order valence-electron chi connectivity index (χ4n) is 1.73. The van der Waals surface area contributed by atoms with Crippen LogP contribution in [0, 0.1) is 5.82 Å². The number of anilines is 1. The monoisotopic (exact) mass is 316 g/mol. The Morgan fingerprint density at radius 1 is 1.50 bits per heavy atom. The summed E-state index contributed by atoms with van der Waals surface area (Å²) in [5, 5.41) is 2.92. The van der Waals surface area contributed by atoms with Crippen molar-refractivity contribution in [1.82, 2.24) is 5.32 Å². The Morgan fingerprint density at radius 3 is 2.72 bits per heavy atom. The SMILES string of the molecule is CCCC(CC)NC(=O)c1cc(N)c(F)cc1Br. The van der Waals surface area contributed by atoms with Gasteiger partial charge in [-0.2, -0.15) is 0 Å². The number of carbonyl (C=O) groups excluding carboxylic acids is 1. The zero-order valence-electron chi connectivity index (χ0n) is 10.6. The maximum atomic E-state index is 13.2. The summed E-state index contributed by atoms with van der Waals surface area (Å²) in [4.78, 5) is 12.1. The van der Waals surface area contributed by atoms with Crippen molar-refractivity contribution in [3.63, 3.8) is 0 Å². The molecule has 0 heterocycles. The number of benzene rings is 1. The van der Waals surface area contributed by atoms with Crippen LogP contribution in [0.25, 0.3) is 0 Å². The second kappa shape index (κ2) is 6.73. The molecule has 0 fully saturated rings. The molecular formula is C13H18BrFN2O. The summed E-state index contributed by atoms with van der Waals surface area (Å²) >= 11 is 3.18. The highest BCUT2D eigenvalue weighted by molar-refractivity contribution is 9.10. The predicted octanol–water partition coefficient (Wildman–Crippen LogP) is 3.48. The van der Waals surface area contributed by atoms with Crippen molar-refractivity contribution in [2.45, 2.75) is 39.2 Å². The van der Waals surface area contributed by atoms with Crippen LogP contribution < -0.4 is 11.1 Å². The highest BCUT2D eigenvalue weighted by Gasteiger charge is 2.16. The summed E-state index contributed by atoms with van der Waals surface area (Å²) in [6.07, 6.45) is 2.80. The molecule has 1 atom stereocenters. The van der Waals surface area contributed by atoms with E-state index in [2.05, 4.69) is 28.2 Å². The van der Waals surface area contributed by atoms with Gasteiger partial charge in [0.1, 0.15) is 5.82 Å². The van der Waals surface area contributed by atoms with Gasteiger partial charge >= 0.3 is 0 Å². The first-order valence-corrected chi connectivity index (χ1v) is 6.84. The first kappa shape index (κ1) is 15.0. The van der Waals surface area contributed by atoms with Crippen LogP contribution in [-0.2, 0) is 0 Å². The fraction of sp³-hybridized carbons (Fsp3) is 0.462. The summed E-state index contributed by atoms with van der Waals surface area (Å²) in [5.74, 6) is -0.757. The second-order valence-electron chi connectivity index (χ2n) is 4.22. The molecule has 0 radical (unpaired) electrons. The van der Waals surface area contributed by atoms with Crippen molar-refractivity contribution < 1.29 is 9.18 Å². The molecule has 0 aromatic heterocycles. The summed E-state index contributed by atoms with van der Waals surface area (Å²) in [5.41, 5.74) is 5.82. The Labute approximate surface area is 115 Å². The molecule has 3 nitrogen and oxygen atoms in total. The maximum absolute atomic E-state index is 13.2. The fourth-order valence-corrected chi connectivity index (χ4v) is 2.23. The Hall–Kier alpha value is -1.10. The molecule has 1 rings (SSSR count). The van der Waals surface area contributed by atoms with Gasteiger partial charge in [0.25, 0.3) is 5.91 Å². The van der Waals surface area contributed by atoms with Crippen molar-refractivity contribution in [1.29, 1.82) is 0 Å². The van der Waals surface area contributed by atoms with Gasteiger partial charge < -0.3 is 11.1 Å². The van der Waals surface area contributed by atoms with E-state index in [1.165, 1.54) is 12.1 Å². The van der Waals surface area contributed by atoms with Crippen LogP contribution in [0.15, 0.2) is 16.6 Å². The average Bonchev–Trinajstić information content (AvgIpc) is 2.33. The van der Waals surface area contributed by atoms with Gasteiger partial charge in [0, 0.05) is 10.5 Å². The van der Waals surface area contributed by atoms with Crippen LogP contribution in [0.3, 0.4) is 0 Å². The molecule has 3 N–H and O–H groups in total. The van der Waals surface area contributed by atoms with E-state index < -0.39 is 5.82 Å². The van der Waals surface area contributed by atoms with Crippen molar-refractivity contribution in [2.24, 2.45) is 0 Å². The molecule has 0 spiro atoms. The van der Waals surface area contributed by atoms with E-state index in [0.717, 1.165) is 19.3 Å². The number of amides is 1.